The van der Waals surface area contributed by atoms with Crippen molar-refractivity contribution in [2.75, 3.05) is 48.5 Å². The number of hydrogen-bond donors (Lipinski definition) is 0. The Morgan fingerprint density at radius 3 is 2.47 bits per heavy atom. The number of nitrogens with zero attached hydrogens (tertiary/aromatic N) is 4. The van der Waals surface area contributed by atoms with Gasteiger partial charge >= 0.3 is 0 Å². The smallest absolute Gasteiger partial charge is 0.264 e. The van der Waals surface area contributed by atoms with Gasteiger partial charge in [0.15, 0.2) is 5.13 Å². The molecular weight excluding hydrogens is 520 g/mol. The highest BCUT2D eigenvalue weighted by atomic mass is 32.2. The third kappa shape index (κ3) is 4.37. The van der Waals surface area contributed by atoms with Gasteiger partial charge in [-0.1, -0.05) is 35.6 Å². The van der Waals surface area contributed by atoms with Gasteiger partial charge in [-0.25, -0.2) is 13.4 Å². The van der Waals surface area contributed by atoms with Gasteiger partial charge in [0.1, 0.15) is 11.3 Å². The number of ether oxygens (including phenoxy) is 1. The Bertz CT molecular complexity index is 1590. The lowest BCUT2D eigenvalue weighted by molar-refractivity contribution is 0.0746. The third-order valence-corrected chi connectivity index (χ3v) is 9.95. The minimum absolute atomic E-state index is 0.0944. The highest BCUT2D eigenvalue weighted by Crippen LogP contribution is 2.35. The second kappa shape index (κ2) is 9.92. The van der Waals surface area contributed by atoms with Crippen molar-refractivity contribution in [3.8, 4) is 5.75 Å². The molecule has 4 aromatic rings. The first kappa shape index (κ1) is 24.7. The van der Waals surface area contributed by atoms with Crippen LogP contribution < -0.4 is 13.9 Å². The molecule has 1 aromatic heterocycles. The van der Waals surface area contributed by atoms with Crippen LogP contribution in [0.15, 0.2) is 71.6 Å². The maximum Gasteiger partial charge on any atom is 0.264 e. The Morgan fingerprint density at radius 1 is 0.947 bits per heavy atom. The number of rotatable bonds is 6. The summed E-state index contributed by atoms with van der Waals surface area (Å²) < 4.78 is 34.8. The maximum atomic E-state index is 13.3. The first-order valence-corrected chi connectivity index (χ1v) is 15.0. The van der Waals surface area contributed by atoms with Crippen molar-refractivity contribution in [2.24, 2.45) is 0 Å². The number of thiazole rings is 1. The van der Waals surface area contributed by atoms with Gasteiger partial charge in [-0.15, -0.1) is 0 Å². The minimum atomic E-state index is -3.69. The van der Waals surface area contributed by atoms with Gasteiger partial charge in [-0.2, -0.15) is 0 Å². The molecule has 0 unspecified atom stereocenters. The molecule has 10 heteroatoms. The topological polar surface area (TPSA) is 83.0 Å². The van der Waals surface area contributed by atoms with Crippen LogP contribution in [0.5, 0.6) is 5.75 Å². The van der Waals surface area contributed by atoms with Crippen LogP contribution in [-0.2, 0) is 16.4 Å². The van der Waals surface area contributed by atoms with E-state index in [1.54, 1.807) is 23.5 Å². The van der Waals surface area contributed by atoms with E-state index >= 15 is 0 Å². The lowest BCUT2D eigenvalue weighted by atomic mass is 10.2. The molecule has 0 saturated carbocycles. The summed E-state index contributed by atoms with van der Waals surface area (Å²) in [6.07, 6.45) is 0.697. The Labute approximate surface area is 226 Å². The lowest BCUT2D eigenvalue weighted by Crippen LogP contribution is -2.48. The van der Waals surface area contributed by atoms with E-state index in [0.29, 0.717) is 51.3 Å². The van der Waals surface area contributed by atoms with E-state index in [-0.39, 0.29) is 10.8 Å². The van der Waals surface area contributed by atoms with Crippen molar-refractivity contribution >= 4 is 48.3 Å². The summed E-state index contributed by atoms with van der Waals surface area (Å²) in [5.74, 6) is 0.698. The molecule has 196 valence electrons. The van der Waals surface area contributed by atoms with E-state index in [0.717, 1.165) is 32.3 Å². The van der Waals surface area contributed by atoms with Crippen LogP contribution in [0, 0.1) is 0 Å². The van der Waals surface area contributed by atoms with Crippen LogP contribution in [0.1, 0.15) is 22.8 Å². The van der Waals surface area contributed by atoms with E-state index in [4.69, 9.17) is 9.72 Å². The van der Waals surface area contributed by atoms with Crippen molar-refractivity contribution in [3.05, 3.63) is 77.9 Å². The number of amides is 1. The summed E-state index contributed by atoms with van der Waals surface area (Å²) >= 11 is 1.63. The summed E-state index contributed by atoms with van der Waals surface area (Å²) in [6.45, 7) is 5.46. The quantitative estimate of drug-likeness (QED) is 0.355. The van der Waals surface area contributed by atoms with Gasteiger partial charge in [0, 0.05) is 38.3 Å². The number of carbonyl (C=O) groups is 1. The minimum Gasteiger partial charge on any atom is -0.492 e. The zero-order chi connectivity index (χ0) is 26.3. The van der Waals surface area contributed by atoms with Crippen LogP contribution in [-0.4, -0.2) is 63.5 Å². The van der Waals surface area contributed by atoms with Gasteiger partial charge in [0.2, 0.25) is 0 Å². The van der Waals surface area contributed by atoms with E-state index in [9.17, 15) is 13.2 Å². The molecule has 6 rings (SSSR count). The van der Waals surface area contributed by atoms with Gasteiger partial charge in [-0.3, -0.25) is 9.10 Å². The fraction of sp³-hybridized carbons (Fsp3) is 0.286. The zero-order valence-corrected chi connectivity index (χ0v) is 22.7. The van der Waals surface area contributed by atoms with Gasteiger partial charge in [0.05, 0.1) is 21.9 Å². The highest BCUT2D eigenvalue weighted by molar-refractivity contribution is 7.92. The third-order valence-electron chi connectivity index (χ3n) is 7.04. The number of hydrogen-bond acceptors (Lipinski definition) is 7. The van der Waals surface area contributed by atoms with Crippen LogP contribution in [0.25, 0.3) is 10.2 Å². The van der Waals surface area contributed by atoms with Crippen LogP contribution >= 0.6 is 11.3 Å². The molecule has 2 aliphatic rings. The molecular formula is C28H28N4O4S2. The van der Waals surface area contributed by atoms with Crippen molar-refractivity contribution in [3.63, 3.8) is 0 Å². The van der Waals surface area contributed by atoms with Crippen molar-refractivity contribution in [1.29, 1.82) is 0 Å². The average molecular weight is 549 g/mol. The lowest BCUT2D eigenvalue weighted by Gasteiger charge is -2.34. The van der Waals surface area contributed by atoms with Crippen molar-refractivity contribution < 1.29 is 17.9 Å². The van der Waals surface area contributed by atoms with Crippen LogP contribution in [0.3, 0.4) is 0 Å². The second-order valence-corrected chi connectivity index (χ2v) is 12.2. The van der Waals surface area contributed by atoms with Gasteiger partial charge < -0.3 is 14.5 Å². The Morgan fingerprint density at radius 2 is 1.71 bits per heavy atom. The van der Waals surface area contributed by atoms with E-state index in [1.807, 2.05) is 54.3 Å². The zero-order valence-electron chi connectivity index (χ0n) is 21.0. The molecule has 0 atom stereocenters. The molecule has 0 radical (unpaired) electrons. The molecule has 0 bridgehead atoms. The fourth-order valence-corrected chi connectivity index (χ4v) is 7.59. The number of para-hydroxylation sites is 2. The average Bonchev–Trinajstić information content (AvgIpc) is 3.59. The molecule has 0 aliphatic carbocycles. The number of anilines is 2. The molecule has 1 amide bonds. The predicted octanol–water partition coefficient (Wildman–Crippen LogP) is 4.41. The number of benzene rings is 3. The first-order chi connectivity index (χ1) is 18.5. The Balaban J connectivity index is 1.12. The number of fused-ring (bicyclic) bond motifs is 2. The molecule has 1 fully saturated rings. The van der Waals surface area contributed by atoms with Gasteiger partial charge in [0.25, 0.3) is 15.9 Å². The number of sulfonamides is 1. The molecule has 0 N–H and O–H groups in total. The summed E-state index contributed by atoms with van der Waals surface area (Å²) in [5, 5.41) is 0.928. The molecule has 38 heavy (non-hydrogen) atoms. The van der Waals surface area contributed by atoms with E-state index < -0.39 is 10.0 Å². The number of carbonyl (C=O) groups excluding carboxylic acids is 1. The van der Waals surface area contributed by atoms with Crippen molar-refractivity contribution in [2.45, 2.75) is 18.2 Å². The molecule has 0 spiro atoms. The molecule has 1 saturated heterocycles. The normalized spacial score (nSPS) is 15.7. The van der Waals surface area contributed by atoms with E-state index in [1.165, 1.54) is 16.4 Å². The van der Waals surface area contributed by atoms with Crippen LogP contribution in [0.4, 0.5) is 10.8 Å². The summed E-state index contributed by atoms with van der Waals surface area (Å²) in [5.41, 5.74) is 3.12. The van der Waals surface area contributed by atoms with Crippen LogP contribution in [0.2, 0.25) is 0 Å². The highest BCUT2D eigenvalue weighted by Gasteiger charge is 2.31. The predicted molar refractivity (Wildman–Crippen MR) is 150 cm³/mol. The Kier molecular flexibility index (Phi) is 6.45. The van der Waals surface area contributed by atoms with Crippen molar-refractivity contribution in [1.82, 2.24) is 9.88 Å². The number of aromatic nitrogens is 1. The Hall–Kier alpha value is -3.63. The molecule has 3 heterocycles. The van der Waals surface area contributed by atoms with Gasteiger partial charge in [-0.05, 0) is 61.4 Å². The fourth-order valence-electron chi connectivity index (χ4n) is 5.06. The standard InChI is InChI=1S/C28H28N4O4S2/c1-2-36-24-8-5-9-25-26(24)29-28(37-25)31-18-16-30(17-19-31)27(33)21-10-12-22(13-11-21)38(34,35)32-15-14-20-6-3-4-7-23(20)32/h3-13H,2,14-19H2,1H3. The van der Waals surface area contributed by atoms with E-state index in [2.05, 4.69) is 4.90 Å². The first-order valence-electron chi connectivity index (χ1n) is 12.7. The monoisotopic (exact) mass is 548 g/mol. The maximum absolute atomic E-state index is 13.3. The summed E-state index contributed by atoms with van der Waals surface area (Å²) in [4.78, 5) is 22.2. The molecule has 2 aliphatic heterocycles. The molecule has 3 aromatic carbocycles. The second-order valence-electron chi connectivity index (χ2n) is 9.29. The summed E-state index contributed by atoms with van der Waals surface area (Å²) in [7, 11) is -3.69. The summed E-state index contributed by atoms with van der Waals surface area (Å²) in [6, 6.07) is 19.8. The SMILES string of the molecule is CCOc1cccc2sc(N3CCN(C(=O)c4ccc(S(=O)(=O)N5CCc6ccccc65)cc4)CC3)nc12. The number of piperazine rings is 1. The molecule has 8 nitrogen and oxygen atoms in total. The largest absolute Gasteiger partial charge is 0.492 e.